The number of hydrogen-bond acceptors (Lipinski definition) is 6. The average molecular weight is 400 g/mol. The quantitative estimate of drug-likeness (QED) is 0.759. The lowest BCUT2D eigenvalue weighted by Crippen LogP contribution is -2.38. The van der Waals surface area contributed by atoms with Gasteiger partial charge in [0.25, 0.3) is 0 Å². The number of anilines is 2. The van der Waals surface area contributed by atoms with Gasteiger partial charge in [-0.25, -0.2) is 4.98 Å². The van der Waals surface area contributed by atoms with E-state index < -0.39 is 0 Å². The van der Waals surface area contributed by atoms with Gasteiger partial charge in [-0.05, 0) is 63.0 Å². The molecule has 0 unspecified atom stereocenters. The van der Waals surface area contributed by atoms with Crippen molar-refractivity contribution in [1.82, 2.24) is 15.3 Å². The van der Waals surface area contributed by atoms with Crippen LogP contribution in [0.2, 0.25) is 0 Å². The standard InChI is InChI=1S/C20H25N5O2S/c1-13-9-18(25-8-4-3-5-14(25)2)23-19(22-13)24-20(28)21-11-15-6-7-16-17(10-15)27-12-26-16/h6-7,9-10,14H,3-5,8,11-12H2,1-2H3,(H2,21,22,23,24,28)/t14-/m0/s1. The number of fused-ring (bicyclic) bond motifs is 1. The molecule has 0 spiro atoms. The second-order valence-corrected chi connectivity index (χ2v) is 7.63. The molecule has 1 aromatic heterocycles. The largest absolute Gasteiger partial charge is 0.454 e. The number of hydrogen-bond donors (Lipinski definition) is 2. The van der Waals surface area contributed by atoms with Gasteiger partial charge in [0, 0.05) is 30.9 Å². The van der Waals surface area contributed by atoms with Gasteiger partial charge in [0.15, 0.2) is 16.6 Å². The molecule has 0 bridgehead atoms. The third kappa shape index (κ3) is 4.27. The number of benzene rings is 1. The normalized spacial score (nSPS) is 18.1. The number of piperidine rings is 1. The Hall–Kier alpha value is -2.61. The van der Waals surface area contributed by atoms with E-state index in [0.29, 0.717) is 23.6 Å². The second kappa shape index (κ2) is 8.18. The van der Waals surface area contributed by atoms with Crippen LogP contribution in [-0.4, -0.2) is 34.5 Å². The van der Waals surface area contributed by atoms with Gasteiger partial charge in [0.2, 0.25) is 12.7 Å². The summed E-state index contributed by atoms with van der Waals surface area (Å²) in [6, 6.07) is 8.38. The molecule has 1 saturated heterocycles. The van der Waals surface area contributed by atoms with Crippen LogP contribution in [0.1, 0.15) is 37.4 Å². The monoisotopic (exact) mass is 399 g/mol. The first-order valence-corrected chi connectivity index (χ1v) is 10.0. The summed E-state index contributed by atoms with van der Waals surface area (Å²) in [7, 11) is 0. The van der Waals surface area contributed by atoms with Crippen LogP contribution >= 0.6 is 12.2 Å². The lowest BCUT2D eigenvalue weighted by molar-refractivity contribution is 0.174. The molecule has 1 fully saturated rings. The van der Waals surface area contributed by atoms with E-state index in [1.165, 1.54) is 19.3 Å². The van der Waals surface area contributed by atoms with Crippen LogP contribution in [0.4, 0.5) is 11.8 Å². The molecule has 0 amide bonds. The molecule has 148 valence electrons. The van der Waals surface area contributed by atoms with Crippen molar-refractivity contribution in [2.75, 3.05) is 23.6 Å². The summed E-state index contributed by atoms with van der Waals surface area (Å²) < 4.78 is 10.7. The third-order valence-electron chi connectivity index (χ3n) is 5.05. The predicted molar refractivity (Wildman–Crippen MR) is 113 cm³/mol. The minimum atomic E-state index is 0.273. The van der Waals surface area contributed by atoms with Gasteiger partial charge in [0.1, 0.15) is 5.82 Å². The van der Waals surface area contributed by atoms with Crippen LogP contribution in [-0.2, 0) is 6.54 Å². The molecule has 3 heterocycles. The summed E-state index contributed by atoms with van der Waals surface area (Å²) >= 11 is 5.43. The highest BCUT2D eigenvalue weighted by atomic mass is 32.1. The van der Waals surface area contributed by atoms with Gasteiger partial charge in [-0.15, -0.1) is 0 Å². The Labute approximate surface area is 170 Å². The Bertz CT molecular complexity index is 876. The molecular formula is C20H25N5O2S. The molecule has 0 aliphatic carbocycles. The molecule has 4 rings (SSSR count). The Kier molecular flexibility index (Phi) is 5.47. The highest BCUT2D eigenvalue weighted by Gasteiger charge is 2.20. The average Bonchev–Trinajstić information content (AvgIpc) is 3.14. The van der Waals surface area contributed by atoms with Crippen LogP contribution in [0.25, 0.3) is 0 Å². The van der Waals surface area contributed by atoms with Crippen molar-refractivity contribution in [3.05, 3.63) is 35.5 Å². The number of aryl methyl sites for hydroxylation is 1. The van der Waals surface area contributed by atoms with Crippen LogP contribution in [0, 0.1) is 6.92 Å². The van der Waals surface area contributed by atoms with Crippen molar-refractivity contribution >= 4 is 29.1 Å². The fourth-order valence-corrected chi connectivity index (χ4v) is 3.74. The highest BCUT2D eigenvalue weighted by Crippen LogP contribution is 2.32. The molecule has 2 aliphatic rings. The molecule has 2 aromatic rings. The van der Waals surface area contributed by atoms with Gasteiger partial charge in [0.05, 0.1) is 0 Å². The van der Waals surface area contributed by atoms with Crippen molar-refractivity contribution in [1.29, 1.82) is 0 Å². The van der Waals surface area contributed by atoms with E-state index in [1.54, 1.807) is 0 Å². The fourth-order valence-electron chi connectivity index (χ4n) is 3.57. The molecule has 7 nitrogen and oxygen atoms in total. The van der Waals surface area contributed by atoms with E-state index in [0.717, 1.165) is 35.1 Å². The molecular weight excluding hydrogens is 374 g/mol. The van der Waals surface area contributed by atoms with Crippen molar-refractivity contribution in [2.45, 2.75) is 45.7 Å². The summed E-state index contributed by atoms with van der Waals surface area (Å²) in [6.45, 7) is 6.11. The maximum atomic E-state index is 5.43. The van der Waals surface area contributed by atoms with Crippen molar-refractivity contribution < 1.29 is 9.47 Å². The number of ether oxygens (including phenoxy) is 2. The number of rotatable bonds is 4. The van der Waals surface area contributed by atoms with Crippen LogP contribution < -0.4 is 25.0 Å². The SMILES string of the molecule is Cc1cc(N2CCCC[C@@H]2C)nc(NC(=S)NCc2ccc3c(c2)OCO3)n1. The lowest BCUT2D eigenvalue weighted by Gasteiger charge is -2.34. The molecule has 28 heavy (non-hydrogen) atoms. The Morgan fingerprint density at radius 3 is 2.93 bits per heavy atom. The lowest BCUT2D eigenvalue weighted by atomic mass is 10.0. The van der Waals surface area contributed by atoms with Crippen LogP contribution in [0.3, 0.4) is 0 Å². The Morgan fingerprint density at radius 1 is 1.21 bits per heavy atom. The van der Waals surface area contributed by atoms with Gasteiger partial charge >= 0.3 is 0 Å². The van der Waals surface area contributed by atoms with E-state index in [-0.39, 0.29) is 6.79 Å². The van der Waals surface area contributed by atoms with Gasteiger partial charge in [-0.2, -0.15) is 4.98 Å². The van der Waals surface area contributed by atoms with E-state index in [2.05, 4.69) is 32.4 Å². The summed E-state index contributed by atoms with van der Waals surface area (Å²) in [5, 5.41) is 6.80. The zero-order valence-electron chi connectivity index (χ0n) is 16.2. The molecule has 1 atom stereocenters. The van der Waals surface area contributed by atoms with Gasteiger partial charge in [-0.3, -0.25) is 0 Å². The minimum Gasteiger partial charge on any atom is -0.454 e. The minimum absolute atomic E-state index is 0.273. The van der Waals surface area contributed by atoms with Crippen LogP contribution in [0.15, 0.2) is 24.3 Å². The van der Waals surface area contributed by atoms with E-state index >= 15 is 0 Å². The molecule has 1 aromatic carbocycles. The van der Waals surface area contributed by atoms with E-state index in [4.69, 9.17) is 21.7 Å². The number of nitrogens with one attached hydrogen (secondary N) is 2. The van der Waals surface area contributed by atoms with Crippen molar-refractivity contribution in [2.24, 2.45) is 0 Å². The highest BCUT2D eigenvalue weighted by molar-refractivity contribution is 7.80. The smallest absolute Gasteiger partial charge is 0.231 e. The second-order valence-electron chi connectivity index (χ2n) is 7.22. The molecule has 2 aliphatic heterocycles. The van der Waals surface area contributed by atoms with Crippen molar-refractivity contribution in [3.8, 4) is 11.5 Å². The molecule has 8 heteroatoms. The van der Waals surface area contributed by atoms with Crippen molar-refractivity contribution in [3.63, 3.8) is 0 Å². The summed E-state index contributed by atoms with van der Waals surface area (Å²) in [6.07, 6.45) is 3.67. The summed E-state index contributed by atoms with van der Waals surface area (Å²) in [4.78, 5) is 11.5. The number of aromatic nitrogens is 2. The molecule has 0 saturated carbocycles. The van der Waals surface area contributed by atoms with Gasteiger partial charge in [-0.1, -0.05) is 6.07 Å². The fraction of sp³-hybridized carbons (Fsp3) is 0.450. The van der Waals surface area contributed by atoms with Crippen LogP contribution in [0.5, 0.6) is 11.5 Å². The molecule has 2 N–H and O–H groups in total. The number of thiocarbonyl (C=S) groups is 1. The topological polar surface area (TPSA) is 71.5 Å². The van der Waals surface area contributed by atoms with E-state index in [9.17, 15) is 0 Å². The maximum Gasteiger partial charge on any atom is 0.231 e. The first-order valence-electron chi connectivity index (χ1n) is 9.64. The first kappa shape index (κ1) is 18.7. The Morgan fingerprint density at radius 2 is 2.07 bits per heavy atom. The first-order chi connectivity index (χ1) is 13.6. The Balaban J connectivity index is 1.38. The van der Waals surface area contributed by atoms with Gasteiger partial charge < -0.3 is 25.0 Å². The summed E-state index contributed by atoms with van der Waals surface area (Å²) in [5.74, 6) is 3.02. The third-order valence-corrected chi connectivity index (χ3v) is 5.30. The zero-order chi connectivity index (χ0) is 19.5. The zero-order valence-corrected chi connectivity index (χ0v) is 17.0. The molecule has 0 radical (unpaired) electrons. The maximum absolute atomic E-state index is 5.43. The number of nitrogens with zero attached hydrogens (tertiary/aromatic N) is 3. The predicted octanol–water partition coefficient (Wildman–Crippen LogP) is 3.38. The van der Waals surface area contributed by atoms with E-state index in [1.807, 2.05) is 31.2 Å². The summed E-state index contributed by atoms with van der Waals surface area (Å²) in [5.41, 5.74) is 1.98.